The minimum atomic E-state index is -0.997. The number of aromatic nitrogens is 2. The van der Waals surface area contributed by atoms with Crippen LogP contribution in [0.5, 0.6) is 0 Å². The standard InChI is InChI=1S/C17H20FN3O3/c1-11(2)17(3,10-15(22)23)19-16(24)13-8-9-21(20-13)14-7-5-4-6-12(14)18/h4-9,11H,10H2,1-3H3,(H,19,24)(H,22,23). The quantitative estimate of drug-likeness (QED) is 0.851. The number of benzene rings is 1. The average molecular weight is 333 g/mol. The number of carboxylic acids is 1. The number of carbonyl (C=O) groups is 2. The predicted molar refractivity (Wildman–Crippen MR) is 86.5 cm³/mol. The number of rotatable bonds is 6. The third kappa shape index (κ3) is 3.79. The fraction of sp³-hybridized carbons (Fsp3) is 0.353. The van der Waals surface area contributed by atoms with Gasteiger partial charge in [0.05, 0.1) is 12.0 Å². The van der Waals surface area contributed by atoms with Gasteiger partial charge >= 0.3 is 5.97 Å². The maximum atomic E-state index is 13.8. The van der Waals surface area contributed by atoms with Crippen LogP contribution < -0.4 is 5.32 Å². The highest BCUT2D eigenvalue weighted by atomic mass is 19.1. The van der Waals surface area contributed by atoms with Gasteiger partial charge in [-0.25, -0.2) is 9.07 Å². The van der Waals surface area contributed by atoms with Gasteiger partial charge in [-0.1, -0.05) is 26.0 Å². The van der Waals surface area contributed by atoms with Crippen LogP contribution >= 0.6 is 0 Å². The predicted octanol–water partition coefficient (Wildman–Crippen LogP) is 2.63. The van der Waals surface area contributed by atoms with Gasteiger partial charge in [-0.05, 0) is 31.0 Å². The lowest BCUT2D eigenvalue weighted by molar-refractivity contribution is -0.138. The molecule has 7 heteroatoms. The van der Waals surface area contributed by atoms with Gasteiger partial charge in [0.15, 0.2) is 5.69 Å². The Morgan fingerprint density at radius 3 is 2.58 bits per heavy atom. The van der Waals surface area contributed by atoms with Crippen molar-refractivity contribution in [2.75, 3.05) is 0 Å². The van der Waals surface area contributed by atoms with E-state index < -0.39 is 23.2 Å². The summed E-state index contributed by atoms with van der Waals surface area (Å²) in [6.45, 7) is 5.35. The van der Waals surface area contributed by atoms with Crippen LogP contribution in [0.3, 0.4) is 0 Å². The Bertz CT molecular complexity index is 757. The van der Waals surface area contributed by atoms with Crippen molar-refractivity contribution >= 4 is 11.9 Å². The Balaban J connectivity index is 2.22. The third-order valence-corrected chi connectivity index (χ3v) is 4.11. The Labute approximate surface area is 139 Å². The van der Waals surface area contributed by atoms with Crippen LogP contribution in [-0.4, -0.2) is 32.3 Å². The summed E-state index contributed by atoms with van der Waals surface area (Å²) < 4.78 is 15.1. The first-order valence-electron chi connectivity index (χ1n) is 7.58. The maximum Gasteiger partial charge on any atom is 0.305 e. The van der Waals surface area contributed by atoms with Crippen molar-refractivity contribution in [2.24, 2.45) is 5.92 Å². The monoisotopic (exact) mass is 333 g/mol. The first kappa shape index (κ1) is 17.7. The first-order chi connectivity index (χ1) is 11.2. The van der Waals surface area contributed by atoms with E-state index in [2.05, 4.69) is 10.4 Å². The Hall–Kier alpha value is -2.70. The van der Waals surface area contributed by atoms with E-state index in [-0.39, 0.29) is 23.7 Å². The molecule has 0 aliphatic heterocycles. The lowest BCUT2D eigenvalue weighted by atomic mass is 9.85. The second kappa shape index (κ2) is 6.82. The Morgan fingerprint density at radius 1 is 1.33 bits per heavy atom. The molecule has 1 heterocycles. The van der Waals surface area contributed by atoms with Crippen LogP contribution in [-0.2, 0) is 4.79 Å². The zero-order valence-electron chi connectivity index (χ0n) is 13.8. The number of carboxylic acid groups (broad SMARTS) is 1. The molecule has 0 saturated carbocycles. The van der Waals surface area contributed by atoms with E-state index in [0.29, 0.717) is 0 Å². The van der Waals surface area contributed by atoms with Gasteiger partial charge in [0.1, 0.15) is 11.5 Å². The molecular weight excluding hydrogens is 313 g/mol. The highest BCUT2D eigenvalue weighted by molar-refractivity contribution is 5.93. The van der Waals surface area contributed by atoms with Crippen molar-refractivity contribution < 1.29 is 19.1 Å². The lowest BCUT2D eigenvalue weighted by Crippen LogP contribution is -2.51. The van der Waals surface area contributed by atoms with E-state index in [0.717, 1.165) is 0 Å². The van der Waals surface area contributed by atoms with E-state index >= 15 is 0 Å². The molecule has 6 nitrogen and oxygen atoms in total. The molecule has 0 aliphatic carbocycles. The van der Waals surface area contributed by atoms with Gasteiger partial charge in [0.2, 0.25) is 0 Å². The lowest BCUT2D eigenvalue weighted by Gasteiger charge is -2.33. The number of amides is 1. The zero-order chi connectivity index (χ0) is 17.9. The molecule has 128 valence electrons. The molecule has 1 aromatic heterocycles. The van der Waals surface area contributed by atoms with Crippen LogP contribution in [0, 0.1) is 11.7 Å². The summed E-state index contributed by atoms with van der Waals surface area (Å²) in [5.74, 6) is -2.04. The summed E-state index contributed by atoms with van der Waals surface area (Å²) in [5.41, 5.74) is -0.589. The summed E-state index contributed by atoms with van der Waals surface area (Å²) in [7, 11) is 0. The number of para-hydroxylation sites is 1. The highest BCUT2D eigenvalue weighted by Gasteiger charge is 2.33. The molecule has 0 saturated heterocycles. The number of hydrogen-bond donors (Lipinski definition) is 2. The topological polar surface area (TPSA) is 84.2 Å². The summed E-state index contributed by atoms with van der Waals surface area (Å²) in [6, 6.07) is 7.55. The molecule has 0 spiro atoms. The largest absolute Gasteiger partial charge is 0.481 e. The Morgan fingerprint density at radius 2 is 2.00 bits per heavy atom. The number of nitrogens with one attached hydrogen (secondary N) is 1. The molecule has 2 N–H and O–H groups in total. The van der Waals surface area contributed by atoms with E-state index in [4.69, 9.17) is 5.11 Å². The second-order valence-corrected chi connectivity index (χ2v) is 6.19. The second-order valence-electron chi connectivity index (χ2n) is 6.19. The zero-order valence-corrected chi connectivity index (χ0v) is 13.8. The van der Waals surface area contributed by atoms with E-state index in [1.807, 2.05) is 13.8 Å². The number of halogens is 1. The van der Waals surface area contributed by atoms with Crippen molar-refractivity contribution in [1.29, 1.82) is 0 Å². The number of nitrogens with zero attached hydrogens (tertiary/aromatic N) is 2. The molecule has 1 atom stereocenters. The molecule has 0 bridgehead atoms. The molecule has 2 aromatic rings. The van der Waals surface area contributed by atoms with E-state index in [1.54, 1.807) is 25.1 Å². The molecule has 24 heavy (non-hydrogen) atoms. The van der Waals surface area contributed by atoms with Crippen molar-refractivity contribution in [3.63, 3.8) is 0 Å². The summed E-state index contributed by atoms with van der Waals surface area (Å²) in [5, 5.41) is 15.9. The van der Waals surface area contributed by atoms with Gasteiger partial charge in [0.25, 0.3) is 5.91 Å². The average Bonchev–Trinajstić information content (AvgIpc) is 2.96. The smallest absolute Gasteiger partial charge is 0.305 e. The minimum absolute atomic E-state index is 0.0915. The number of aliphatic carboxylic acids is 1. The van der Waals surface area contributed by atoms with Crippen molar-refractivity contribution in [2.45, 2.75) is 32.7 Å². The van der Waals surface area contributed by atoms with Crippen molar-refractivity contribution in [3.8, 4) is 5.69 Å². The van der Waals surface area contributed by atoms with Crippen LogP contribution in [0.1, 0.15) is 37.7 Å². The normalized spacial score (nSPS) is 13.5. The molecule has 1 amide bonds. The minimum Gasteiger partial charge on any atom is -0.481 e. The molecule has 1 unspecified atom stereocenters. The third-order valence-electron chi connectivity index (χ3n) is 4.11. The van der Waals surface area contributed by atoms with Gasteiger partial charge in [-0.2, -0.15) is 5.10 Å². The molecule has 2 rings (SSSR count). The first-order valence-corrected chi connectivity index (χ1v) is 7.58. The highest BCUT2D eigenvalue weighted by Crippen LogP contribution is 2.21. The van der Waals surface area contributed by atoms with Gasteiger partial charge in [-0.15, -0.1) is 0 Å². The summed E-state index contributed by atoms with van der Waals surface area (Å²) in [4.78, 5) is 23.5. The van der Waals surface area contributed by atoms with Crippen molar-refractivity contribution in [3.05, 3.63) is 48.0 Å². The SMILES string of the molecule is CC(C)C(C)(CC(=O)O)NC(=O)c1ccn(-c2ccccc2F)n1. The summed E-state index contributed by atoms with van der Waals surface area (Å²) >= 11 is 0. The molecule has 1 aromatic carbocycles. The molecule has 0 radical (unpaired) electrons. The van der Waals surface area contributed by atoms with E-state index in [1.165, 1.54) is 23.0 Å². The number of hydrogen-bond acceptors (Lipinski definition) is 3. The number of carbonyl (C=O) groups excluding carboxylic acids is 1. The van der Waals surface area contributed by atoms with Crippen LogP contribution in [0.15, 0.2) is 36.5 Å². The fourth-order valence-electron chi connectivity index (χ4n) is 2.25. The van der Waals surface area contributed by atoms with Gasteiger partial charge in [-0.3, -0.25) is 9.59 Å². The molecular formula is C17H20FN3O3. The Kier molecular flexibility index (Phi) is 5.02. The van der Waals surface area contributed by atoms with E-state index in [9.17, 15) is 14.0 Å². The van der Waals surface area contributed by atoms with Gasteiger partial charge < -0.3 is 10.4 Å². The maximum absolute atomic E-state index is 13.8. The van der Waals surface area contributed by atoms with Crippen LogP contribution in [0.25, 0.3) is 5.69 Å². The fourth-order valence-corrected chi connectivity index (χ4v) is 2.25. The molecule has 0 aliphatic rings. The van der Waals surface area contributed by atoms with Crippen molar-refractivity contribution in [1.82, 2.24) is 15.1 Å². The van der Waals surface area contributed by atoms with Gasteiger partial charge in [0, 0.05) is 6.20 Å². The van der Waals surface area contributed by atoms with Crippen LogP contribution in [0.4, 0.5) is 4.39 Å². The summed E-state index contributed by atoms with van der Waals surface area (Å²) in [6.07, 6.45) is 1.28. The van der Waals surface area contributed by atoms with Crippen LogP contribution in [0.2, 0.25) is 0 Å². The molecule has 0 fully saturated rings.